The molecular formula is C86H55BN6. The maximum Gasteiger partial charge on any atom is 0.252 e. The van der Waals surface area contributed by atoms with Gasteiger partial charge in [0, 0.05) is 81.9 Å². The second-order valence-corrected chi connectivity index (χ2v) is 23.3. The molecule has 0 saturated carbocycles. The van der Waals surface area contributed by atoms with Crippen molar-refractivity contribution in [3.05, 3.63) is 326 Å². The van der Waals surface area contributed by atoms with Gasteiger partial charge in [0.2, 0.25) is 0 Å². The molecule has 3 aromatic heterocycles. The van der Waals surface area contributed by atoms with Gasteiger partial charge < -0.3 is 23.5 Å². The number of hydrogen-bond acceptors (Lipinski definition) is 3. The van der Waals surface area contributed by atoms with Crippen LogP contribution in [0.25, 0.3) is 116 Å². The second kappa shape index (κ2) is 20.6. The van der Waals surface area contributed by atoms with Crippen LogP contribution in [0.1, 0.15) is 37.2 Å². The minimum atomic E-state index is -2.49. The first-order chi connectivity index (χ1) is 53.9. The monoisotopic (exact) mass is 1200 g/mol. The molecule has 19 rings (SSSR count). The van der Waals surface area contributed by atoms with Crippen LogP contribution >= 0.6 is 0 Å². The van der Waals surface area contributed by atoms with E-state index in [0.717, 1.165) is 44.1 Å². The lowest BCUT2D eigenvalue weighted by atomic mass is 9.33. The third-order valence-corrected chi connectivity index (χ3v) is 18.4. The van der Waals surface area contributed by atoms with Crippen LogP contribution in [0.15, 0.2) is 315 Å². The van der Waals surface area contributed by atoms with Crippen molar-refractivity contribution < 1.29 is 26.0 Å². The molecule has 0 spiro atoms. The van der Waals surface area contributed by atoms with Gasteiger partial charge in [0.1, 0.15) is 6.07 Å². The SMILES string of the molecule is [2H]c1c([2H])c([2H])c2c(c1[2H])c1c([2H])c([2H])c([2H])c([2H])c1n2-c1ccc2c(c1)N(c1cc(-c3ccccc3)cc(-c3ccccc3)c1)c1cc(-c3ccc(C([2H])([2H])[2H])cc3)cc3c1B2c1ccc(-n2c4c([2H])c([2H])c([2H])c([2H])c4c4c([2H])c([2H])c([2H])c([2H])c42)cc1N3c1ccc(C#N)c(-n2c3ccccc3c3ccccc32)c1. The highest BCUT2D eigenvalue weighted by atomic mass is 15.2. The number of aromatic nitrogens is 3. The minimum Gasteiger partial charge on any atom is -0.311 e. The quantitative estimate of drug-likeness (QED) is 0.142. The number of para-hydroxylation sites is 6. The van der Waals surface area contributed by atoms with Gasteiger partial charge in [-0.3, -0.25) is 0 Å². The number of nitriles is 1. The van der Waals surface area contributed by atoms with Gasteiger partial charge in [-0.25, -0.2) is 0 Å². The molecule has 0 radical (unpaired) electrons. The largest absolute Gasteiger partial charge is 0.311 e. The fourth-order valence-corrected chi connectivity index (χ4v) is 14.4. The number of anilines is 6. The van der Waals surface area contributed by atoms with Crippen molar-refractivity contribution in [1.82, 2.24) is 13.7 Å². The van der Waals surface area contributed by atoms with Gasteiger partial charge in [0.15, 0.2) is 0 Å². The van der Waals surface area contributed by atoms with Crippen molar-refractivity contribution in [2.75, 3.05) is 9.80 Å². The zero-order chi connectivity index (χ0) is 77.8. The van der Waals surface area contributed by atoms with Gasteiger partial charge in [0.25, 0.3) is 6.71 Å². The highest BCUT2D eigenvalue weighted by molar-refractivity contribution is 7.00. The first-order valence-electron chi connectivity index (χ1n) is 39.8. The molecule has 0 N–H and O–H groups in total. The average Bonchev–Trinajstić information content (AvgIpc) is 1.13. The van der Waals surface area contributed by atoms with E-state index in [9.17, 15) is 16.2 Å². The smallest absolute Gasteiger partial charge is 0.252 e. The minimum absolute atomic E-state index is 0.0858. The molecular weight excluding hydrogens is 1130 g/mol. The number of aryl methyl sites for hydroxylation is 1. The van der Waals surface area contributed by atoms with Crippen molar-refractivity contribution in [3.63, 3.8) is 0 Å². The van der Waals surface area contributed by atoms with Crippen LogP contribution < -0.4 is 26.2 Å². The van der Waals surface area contributed by atoms with Crippen molar-refractivity contribution >= 4 is 123 Å². The summed E-state index contributed by atoms with van der Waals surface area (Å²) < 4.78 is 180. The van der Waals surface area contributed by atoms with Gasteiger partial charge >= 0.3 is 0 Å². The van der Waals surface area contributed by atoms with Crippen LogP contribution in [0.5, 0.6) is 0 Å². The molecule has 0 fully saturated rings. The van der Waals surface area contributed by atoms with Crippen LogP contribution in [-0.4, -0.2) is 20.4 Å². The standard InChI is InChI=1S/C86H55BN6/c1-55-36-38-58(39-37-55)62-49-84-86-85(50-62)92(66-47-60(56-20-4-2-5-21-56)46-61(48-66)57-22-6-3-7-23-57)83-53-65(90-77-32-16-10-26-69(77)70-27-11-17-33-78(70)90)43-45-74(83)87(86)73-44-42-64(89-75-30-14-8-24-67(75)68-25-9-15-31-76(68)89)52-82(73)91(84)63-41-40-59(54-88)81(51-63)93-79-34-18-12-28-71(79)72-29-13-19-35-80(72)93/h2-53H,1H3/i1D3,8D,9D,10D,11D,14D,15D,16D,17D,24D,25D,26D,27D,30D,31D,32D,33D. The summed E-state index contributed by atoms with van der Waals surface area (Å²) in [5, 5.41) is 12.7. The zero-order valence-electron chi connectivity index (χ0n) is 68.0. The lowest BCUT2D eigenvalue weighted by Gasteiger charge is -2.45. The van der Waals surface area contributed by atoms with Crippen molar-refractivity contribution in [2.45, 2.75) is 6.85 Å². The topological polar surface area (TPSA) is 45.1 Å². The van der Waals surface area contributed by atoms with E-state index in [1.165, 1.54) is 9.13 Å². The average molecular weight is 1200 g/mol. The maximum absolute atomic E-state index is 11.4. The molecule has 0 atom stereocenters. The number of nitrogens with zero attached hydrogens (tertiary/aromatic N) is 6. The Morgan fingerprint density at radius 1 is 0.323 bits per heavy atom. The second-order valence-electron chi connectivity index (χ2n) is 23.3. The molecule has 93 heavy (non-hydrogen) atoms. The lowest BCUT2D eigenvalue weighted by molar-refractivity contribution is 1.15. The van der Waals surface area contributed by atoms with Crippen LogP contribution in [0.4, 0.5) is 34.1 Å². The molecule has 432 valence electrons. The van der Waals surface area contributed by atoms with Gasteiger partial charge in [-0.1, -0.05) is 212 Å². The molecule has 7 heteroatoms. The van der Waals surface area contributed by atoms with Crippen molar-refractivity contribution in [1.29, 1.82) is 5.26 Å². The Hall–Kier alpha value is -12.4. The summed E-state index contributed by atoms with van der Waals surface area (Å²) in [6, 6.07) is 62.6. The molecule has 0 aliphatic carbocycles. The Morgan fingerprint density at radius 3 is 1.23 bits per heavy atom. The van der Waals surface area contributed by atoms with Crippen LogP contribution in [0, 0.1) is 18.2 Å². The lowest BCUT2D eigenvalue weighted by Crippen LogP contribution is -2.61. The molecule has 2 aliphatic heterocycles. The molecule has 14 aromatic carbocycles. The van der Waals surface area contributed by atoms with Crippen molar-refractivity contribution in [2.24, 2.45) is 0 Å². The molecule has 6 nitrogen and oxygen atoms in total. The third kappa shape index (κ3) is 8.02. The van der Waals surface area contributed by atoms with Crippen molar-refractivity contribution in [3.8, 4) is 56.5 Å². The Morgan fingerprint density at radius 2 is 0.742 bits per heavy atom. The molecule has 2 aliphatic rings. The highest BCUT2D eigenvalue weighted by Gasteiger charge is 2.44. The first-order valence-corrected chi connectivity index (χ1v) is 30.3. The fourth-order valence-electron chi connectivity index (χ4n) is 14.4. The van der Waals surface area contributed by atoms with Gasteiger partial charge in [-0.05, 0) is 166 Å². The highest BCUT2D eigenvalue weighted by Crippen LogP contribution is 2.50. The summed E-state index contributed by atoms with van der Waals surface area (Å²) in [6.45, 7) is -3.34. The number of fused-ring (bicyclic) bond motifs is 13. The van der Waals surface area contributed by atoms with E-state index in [4.69, 9.17) is 15.1 Å². The van der Waals surface area contributed by atoms with Crippen LogP contribution in [0.2, 0.25) is 0 Å². The molecule has 0 amide bonds. The number of hydrogen-bond donors (Lipinski definition) is 0. The Bertz CT molecular complexity index is 6850. The summed E-state index contributed by atoms with van der Waals surface area (Å²) in [7, 11) is 0. The predicted molar refractivity (Wildman–Crippen MR) is 389 cm³/mol. The van der Waals surface area contributed by atoms with Gasteiger partial charge in [0.05, 0.1) is 66.3 Å². The summed E-state index contributed by atoms with van der Waals surface area (Å²) in [5.74, 6) is 0. The molecule has 0 bridgehead atoms. The van der Waals surface area contributed by atoms with Crippen LogP contribution in [0.3, 0.4) is 0 Å². The normalized spacial score (nSPS) is 15.5. The Kier molecular flexibility index (Phi) is 8.18. The van der Waals surface area contributed by atoms with E-state index in [0.29, 0.717) is 72.9 Å². The van der Waals surface area contributed by atoms with E-state index in [2.05, 4.69) is 38.6 Å². The van der Waals surface area contributed by atoms with E-state index in [-0.39, 0.29) is 60.5 Å². The number of rotatable bonds is 8. The van der Waals surface area contributed by atoms with E-state index in [1.807, 2.05) is 158 Å². The zero-order valence-corrected chi connectivity index (χ0v) is 49.0. The molecule has 17 aromatic rings. The number of benzene rings is 14. The first kappa shape index (κ1) is 37.0. The predicted octanol–water partition coefficient (Wildman–Crippen LogP) is 20.2. The maximum atomic E-state index is 11.4. The third-order valence-electron chi connectivity index (χ3n) is 18.4. The van der Waals surface area contributed by atoms with E-state index >= 15 is 0 Å². The van der Waals surface area contributed by atoms with Crippen LogP contribution in [-0.2, 0) is 0 Å². The fraction of sp³-hybridized carbons (Fsp3) is 0.0116. The summed E-state index contributed by atoms with van der Waals surface area (Å²) in [5.41, 5.74) is 12.2. The summed E-state index contributed by atoms with van der Waals surface area (Å²) in [6.07, 6.45) is 0. The van der Waals surface area contributed by atoms with E-state index in [1.54, 1.807) is 42.5 Å². The van der Waals surface area contributed by atoms with Gasteiger partial charge in [-0.15, -0.1) is 0 Å². The van der Waals surface area contributed by atoms with Gasteiger partial charge in [-0.2, -0.15) is 5.26 Å². The molecule has 5 heterocycles. The Labute approximate surface area is 564 Å². The summed E-state index contributed by atoms with van der Waals surface area (Å²) in [4.78, 5) is 4.17. The Balaban J connectivity index is 0.994. The summed E-state index contributed by atoms with van der Waals surface area (Å²) >= 11 is 0. The molecule has 0 unspecified atom stereocenters. The molecule has 0 saturated heterocycles. The van der Waals surface area contributed by atoms with E-state index < -0.39 is 110 Å².